The summed E-state index contributed by atoms with van der Waals surface area (Å²) in [6.07, 6.45) is 5.41. The maximum absolute atomic E-state index is 12.9. The lowest BCUT2D eigenvalue weighted by Crippen LogP contribution is -2.50. The summed E-state index contributed by atoms with van der Waals surface area (Å²) in [5, 5.41) is 0.563. The van der Waals surface area contributed by atoms with Crippen molar-refractivity contribution in [3.05, 3.63) is 23.0 Å². The van der Waals surface area contributed by atoms with Gasteiger partial charge in [-0.05, 0) is 31.7 Å². The van der Waals surface area contributed by atoms with Gasteiger partial charge in [-0.1, -0.05) is 18.5 Å². The summed E-state index contributed by atoms with van der Waals surface area (Å²) in [5.41, 5.74) is 0.221. The van der Waals surface area contributed by atoms with Crippen LogP contribution in [0.5, 0.6) is 0 Å². The Bertz CT molecular complexity index is 625. The lowest BCUT2D eigenvalue weighted by molar-refractivity contribution is -0.145. The van der Waals surface area contributed by atoms with Gasteiger partial charge in [0.2, 0.25) is 5.91 Å². The van der Waals surface area contributed by atoms with Crippen molar-refractivity contribution in [1.29, 1.82) is 0 Å². The lowest BCUT2D eigenvalue weighted by Gasteiger charge is -2.39. The summed E-state index contributed by atoms with van der Waals surface area (Å²) >= 11 is 5.98. The van der Waals surface area contributed by atoms with E-state index in [2.05, 4.69) is 6.92 Å². The molecule has 0 unspecified atom stereocenters. The fourth-order valence-electron chi connectivity index (χ4n) is 3.96. The average Bonchev–Trinajstić information content (AvgIpc) is 3.08. The van der Waals surface area contributed by atoms with E-state index in [0.717, 1.165) is 38.8 Å². The normalized spacial score (nSPS) is 24.7. The molecular weight excluding hydrogens is 314 g/mol. The molecule has 1 spiro atoms. The Morgan fingerprint density at radius 2 is 2.13 bits per heavy atom. The number of aromatic nitrogens is 1. The van der Waals surface area contributed by atoms with E-state index in [1.165, 1.54) is 0 Å². The lowest BCUT2D eigenvalue weighted by atomic mass is 9.78. The topological polar surface area (TPSA) is 45.5 Å². The van der Waals surface area contributed by atoms with Crippen LogP contribution < -0.4 is 0 Å². The van der Waals surface area contributed by atoms with Gasteiger partial charge in [0, 0.05) is 39.4 Å². The molecule has 1 aromatic heterocycles. The molecule has 0 bridgehead atoms. The van der Waals surface area contributed by atoms with Crippen LogP contribution in [0.15, 0.2) is 12.3 Å². The van der Waals surface area contributed by atoms with E-state index in [4.69, 9.17) is 11.6 Å². The van der Waals surface area contributed by atoms with E-state index >= 15 is 0 Å². The van der Waals surface area contributed by atoms with Crippen LogP contribution >= 0.6 is 11.6 Å². The number of carbonyl (C=O) groups is 2. The molecule has 126 valence electrons. The number of nitrogens with zero attached hydrogens (tertiary/aromatic N) is 3. The highest BCUT2D eigenvalue weighted by Gasteiger charge is 2.49. The third kappa shape index (κ3) is 2.87. The molecule has 0 aromatic carbocycles. The molecule has 0 N–H and O–H groups in total. The summed E-state index contributed by atoms with van der Waals surface area (Å²) < 4.78 is 1.75. The van der Waals surface area contributed by atoms with Crippen molar-refractivity contribution in [2.75, 3.05) is 26.2 Å². The van der Waals surface area contributed by atoms with Crippen LogP contribution in [0, 0.1) is 5.41 Å². The Balaban J connectivity index is 1.76. The molecule has 1 atom stereocenters. The smallest absolute Gasteiger partial charge is 0.270 e. The van der Waals surface area contributed by atoms with Gasteiger partial charge in [-0.2, -0.15) is 0 Å². The molecule has 3 heterocycles. The molecule has 2 saturated heterocycles. The molecule has 1 aromatic rings. The predicted octanol–water partition coefficient (Wildman–Crippen LogP) is 2.54. The number of carbonyl (C=O) groups excluding carboxylic acids is 2. The van der Waals surface area contributed by atoms with E-state index in [-0.39, 0.29) is 17.2 Å². The number of hydrogen-bond donors (Lipinski definition) is 0. The van der Waals surface area contributed by atoms with Crippen molar-refractivity contribution < 1.29 is 9.59 Å². The van der Waals surface area contributed by atoms with Crippen molar-refractivity contribution in [3.63, 3.8) is 0 Å². The molecule has 0 aliphatic carbocycles. The Hall–Kier alpha value is -1.49. The first-order valence-corrected chi connectivity index (χ1v) is 8.75. The molecule has 2 aliphatic heterocycles. The van der Waals surface area contributed by atoms with Crippen LogP contribution in [0.2, 0.25) is 5.02 Å². The van der Waals surface area contributed by atoms with Crippen LogP contribution in [-0.4, -0.2) is 52.4 Å². The van der Waals surface area contributed by atoms with E-state index in [1.54, 1.807) is 16.8 Å². The second-order valence-electron chi connectivity index (χ2n) is 6.81. The number of piperidine rings is 1. The van der Waals surface area contributed by atoms with Crippen molar-refractivity contribution in [1.82, 2.24) is 14.4 Å². The van der Waals surface area contributed by atoms with Crippen LogP contribution in [0.25, 0.3) is 0 Å². The third-order valence-electron chi connectivity index (χ3n) is 5.15. The van der Waals surface area contributed by atoms with Crippen LogP contribution in [0.3, 0.4) is 0 Å². The van der Waals surface area contributed by atoms with Gasteiger partial charge in [-0.3, -0.25) is 9.59 Å². The second kappa shape index (κ2) is 6.19. The summed E-state index contributed by atoms with van der Waals surface area (Å²) in [4.78, 5) is 29.4. The number of hydrogen-bond acceptors (Lipinski definition) is 2. The molecule has 23 heavy (non-hydrogen) atoms. The average molecular weight is 338 g/mol. The van der Waals surface area contributed by atoms with Gasteiger partial charge in [0.15, 0.2) is 0 Å². The van der Waals surface area contributed by atoms with Crippen LogP contribution in [0.1, 0.15) is 43.1 Å². The molecule has 2 aliphatic rings. The summed E-state index contributed by atoms with van der Waals surface area (Å²) in [7, 11) is 1.82. The van der Waals surface area contributed by atoms with Crippen molar-refractivity contribution in [3.8, 4) is 0 Å². The summed E-state index contributed by atoms with van der Waals surface area (Å²) in [6, 6.07) is 1.70. The largest absolute Gasteiger partial charge is 0.345 e. The Labute approximate surface area is 142 Å². The number of likely N-dealkylation sites (tertiary alicyclic amines) is 2. The van der Waals surface area contributed by atoms with Gasteiger partial charge >= 0.3 is 0 Å². The minimum atomic E-state index is -0.363. The number of rotatable bonds is 3. The van der Waals surface area contributed by atoms with Gasteiger partial charge in [0.25, 0.3) is 5.91 Å². The monoisotopic (exact) mass is 337 g/mol. The minimum Gasteiger partial charge on any atom is -0.345 e. The number of aryl methyl sites for hydroxylation is 1. The highest BCUT2D eigenvalue weighted by Crippen LogP contribution is 2.40. The first-order chi connectivity index (χ1) is 11.0. The first kappa shape index (κ1) is 16.4. The highest BCUT2D eigenvalue weighted by atomic mass is 35.5. The predicted molar refractivity (Wildman–Crippen MR) is 89.5 cm³/mol. The molecular formula is C17H24ClN3O2. The van der Waals surface area contributed by atoms with E-state index < -0.39 is 0 Å². The fourth-order valence-corrected chi connectivity index (χ4v) is 4.21. The molecule has 2 fully saturated rings. The van der Waals surface area contributed by atoms with Crippen molar-refractivity contribution >= 4 is 23.4 Å². The quantitative estimate of drug-likeness (QED) is 0.851. The van der Waals surface area contributed by atoms with Gasteiger partial charge < -0.3 is 14.4 Å². The zero-order valence-corrected chi connectivity index (χ0v) is 14.6. The molecule has 2 amide bonds. The second-order valence-corrected chi connectivity index (χ2v) is 7.24. The number of amides is 2. The van der Waals surface area contributed by atoms with E-state index in [0.29, 0.717) is 23.8 Å². The van der Waals surface area contributed by atoms with Gasteiger partial charge in [-0.25, -0.2) is 0 Å². The third-order valence-corrected chi connectivity index (χ3v) is 5.36. The highest BCUT2D eigenvalue weighted by molar-refractivity contribution is 6.31. The van der Waals surface area contributed by atoms with E-state index in [1.807, 2.05) is 16.8 Å². The van der Waals surface area contributed by atoms with Crippen LogP contribution in [0.4, 0.5) is 0 Å². The van der Waals surface area contributed by atoms with E-state index in [9.17, 15) is 9.59 Å². The Morgan fingerprint density at radius 1 is 1.35 bits per heavy atom. The zero-order valence-electron chi connectivity index (χ0n) is 13.8. The van der Waals surface area contributed by atoms with Gasteiger partial charge in [-0.15, -0.1) is 0 Å². The maximum Gasteiger partial charge on any atom is 0.270 e. The number of halogens is 1. The Morgan fingerprint density at radius 3 is 2.78 bits per heavy atom. The molecule has 0 saturated carbocycles. The van der Waals surface area contributed by atoms with Crippen LogP contribution in [-0.2, 0) is 11.8 Å². The van der Waals surface area contributed by atoms with Crippen molar-refractivity contribution in [2.24, 2.45) is 12.5 Å². The minimum absolute atomic E-state index is 0.0308. The Kier molecular flexibility index (Phi) is 4.41. The molecule has 3 rings (SSSR count). The van der Waals surface area contributed by atoms with Crippen molar-refractivity contribution in [2.45, 2.75) is 32.6 Å². The van der Waals surface area contributed by atoms with Gasteiger partial charge in [0.1, 0.15) is 5.69 Å². The zero-order chi connectivity index (χ0) is 16.6. The van der Waals surface area contributed by atoms with Gasteiger partial charge in [0.05, 0.1) is 10.4 Å². The summed E-state index contributed by atoms with van der Waals surface area (Å²) in [6.45, 7) is 4.96. The SMILES string of the molecule is CCCN1CCC[C@@]2(CCN(C(=O)c3cc(Cl)cn3C)C2)C1=O. The summed E-state index contributed by atoms with van der Waals surface area (Å²) in [5.74, 6) is 0.211. The standard InChI is InChI=1S/C17H24ClN3O2/c1-3-7-20-8-4-5-17(16(20)23)6-9-21(12-17)15(22)14-10-13(18)11-19(14)2/h10-11H,3-9,12H2,1-2H3/t17-/m0/s1. The maximum atomic E-state index is 12.9. The fraction of sp³-hybridized carbons (Fsp3) is 0.647. The first-order valence-electron chi connectivity index (χ1n) is 8.37. The molecule has 5 nitrogen and oxygen atoms in total. The molecule has 0 radical (unpaired) electrons. The molecule has 6 heteroatoms.